The molecule has 0 aromatic heterocycles. The molecule has 2 N–H and O–H groups in total. The van der Waals surface area contributed by atoms with Crippen LogP contribution in [0.2, 0.25) is 0 Å². The van der Waals surface area contributed by atoms with Crippen LogP contribution in [0.5, 0.6) is 0 Å². The second-order valence-electron chi connectivity index (χ2n) is 6.47. The van der Waals surface area contributed by atoms with Crippen LogP contribution in [0.3, 0.4) is 0 Å². The minimum Gasteiger partial charge on any atom is -0.381 e. The van der Waals surface area contributed by atoms with E-state index >= 15 is 0 Å². The number of hydrogen-bond acceptors (Lipinski definition) is 3. The van der Waals surface area contributed by atoms with Gasteiger partial charge in [0.15, 0.2) is 0 Å². The van der Waals surface area contributed by atoms with Gasteiger partial charge in [0.25, 0.3) is 5.91 Å². The molecule has 120 valence electrons. The number of ether oxygens (including phenoxy) is 1. The first kappa shape index (κ1) is 15.8. The third-order valence-electron chi connectivity index (χ3n) is 5.28. The van der Waals surface area contributed by atoms with Gasteiger partial charge < -0.3 is 15.4 Å². The van der Waals surface area contributed by atoms with Gasteiger partial charge in [-0.3, -0.25) is 4.79 Å². The minimum atomic E-state index is 0. The predicted molar refractivity (Wildman–Crippen MR) is 87.9 cm³/mol. The molecule has 0 spiro atoms. The first-order chi connectivity index (χ1) is 10.3. The van der Waals surface area contributed by atoms with Crippen LogP contribution in [-0.4, -0.2) is 38.8 Å². The first-order valence-electron chi connectivity index (χ1n) is 8.03. The van der Waals surface area contributed by atoms with Crippen LogP contribution in [0.4, 0.5) is 0 Å². The highest BCUT2D eigenvalue weighted by Gasteiger charge is 2.34. The second kappa shape index (κ2) is 6.57. The van der Waals surface area contributed by atoms with Gasteiger partial charge in [0.2, 0.25) is 0 Å². The average Bonchev–Trinajstić information content (AvgIpc) is 2.96. The number of fused-ring (bicyclic) bond motifs is 3. The van der Waals surface area contributed by atoms with Gasteiger partial charge in [0.05, 0.1) is 0 Å². The Labute approximate surface area is 137 Å². The number of rotatable bonds is 1. The summed E-state index contributed by atoms with van der Waals surface area (Å²) in [5, 5.41) is 6.56. The van der Waals surface area contributed by atoms with Gasteiger partial charge in [-0.15, -0.1) is 12.4 Å². The summed E-state index contributed by atoms with van der Waals surface area (Å²) in [6.45, 7) is 4.46. The largest absolute Gasteiger partial charge is 0.381 e. The lowest BCUT2D eigenvalue weighted by molar-refractivity contribution is 0.0853. The molecule has 2 atom stereocenters. The molecule has 2 fully saturated rings. The smallest absolute Gasteiger partial charge is 0.251 e. The van der Waals surface area contributed by atoms with Crippen LogP contribution in [0.25, 0.3) is 0 Å². The summed E-state index contributed by atoms with van der Waals surface area (Å²) in [7, 11) is 0. The van der Waals surface area contributed by atoms with Gasteiger partial charge >= 0.3 is 0 Å². The number of carbonyl (C=O) groups is 1. The van der Waals surface area contributed by atoms with Gasteiger partial charge in [-0.25, -0.2) is 0 Å². The molecule has 5 heteroatoms. The Kier molecular flexibility index (Phi) is 4.71. The Morgan fingerprint density at radius 1 is 1.09 bits per heavy atom. The summed E-state index contributed by atoms with van der Waals surface area (Å²) in [6.07, 6.45) is 2.13. The Morgan fingerprint density at radius 2 is 1.91 bits per heavy atom. The van der Waals surface area contributed by atoms with Crippen LogP contribution >= 0.6 is 12.4 Å². The summed E-state index contributed by atoms with van der Waals surface area (Å²) in [6, 6.07) is 6.58. The van der Waals surface area contributed by atoms with E-state index in [2.05, 4.69) is 28.8 Å². The fourth-order valence-electron chi connectivity index (χ4n) is 4.01. The third kappa shape index (κ3) is 2.75. The molecule has 22 heavy (non-hydrogen) atoms. The zero-order valence-electron chi connectivity index (χ0n) is 12.6. The molecule has 1 amide bonds. The number of amides is 1. The summed E-state index contributed by atoms with van der Waals surface area (Å²) >= 11 is 0. The SMILES string of the molecule is Cl.O=C1NC[C@H]2CNC[C@@H]2c2ccc(C3CCOCC3)cc21. The van der Waals surface area contributed by atoms with Gasteiger partial charge in [0, 0.05) is 44.3 Å². The molecule has 4 rings (SSSR count). The molecule has 0 radical (unpaired) electrons. The fourth-order valence-corrected chi connectivity index (χ4v) is 4.01. The van der Waals surface area contributed by atoms with Crippen molar-refractivity contribution < 1.29 is 9.53 Å². The van der Waals surface area contributed by atoms with E-state index in [4.69, 9.17) is 4.74 Å². The molecule has 4 nitrogen and oxygen atoms in total. The minimum absolute atomic E-state index is 0. The number of halogens is 1. The molecule has 3 heterocycles. The lowest BCUT2D eigenvalue weighted by atomic mass is 9.84. The highest BCUT2D eigenvalue weighted by molar-refractivity contribution is 5.96. The Bertz CT molecular complexity index is 558. The van der Waals surface area contributed by atoms with Crippen molar-refractivity contribution in [1.29, 1.82) is 0 Å². The monoisotopic (exact) mass is 322 g/mol. The van der Waals surface area contributed by atoms with E-state index in [0.29, 0.717) is 17.8 Å². The topological polar surface area (TPSA) is 50.4 Å². The van der Waals surface area contributed by atoms with Gasteiger partial charge in [-0.05, 0) is 41.9 Å². The molecular weight excluding hydrogens is 300 g/mol. The fraction of sp³-hybridized carbons (Fsp3) is 0.588. The second-order valence-corrected chi connectivity index (χ2v) is 6.47. The molecular formula is C17H23ClN2O2. The van der Waals surface area contributed by atoms with E-state index in [1.165, 1.54) is 11.1 Å². The van der Waals surface area contributed by atoms with E-state index in [1.807, 2.05) is 0 Å². The van der Waals surface area contributed by atoms with E-state index in [0.717, 1.165) is 51.3 Å². The lowest BCUT2D eigenvalue weighted by Gasteiger charge is -2.24. The van der Waals surface area contributed by atoms with E-state index in [-0.39, 0.29) is 18.3 Å². The first-order valence-corrected chi connectivity index (χ1v) is 8.03. The Morgan fingerprint density at radius 3 is 2.73 bits per heavy atom. The number of benzene rings is 1. The quantitative estimate of drug-likeness (QED) is 0.832. The van der Waals surface area contributed by atoms with Gasteiger partial charge in [0.1, 0.15) is 0 Å². The highest BCUT2D eigenvalue weighted by Crippen LogP contribution is 2.35. The highest BCUT2D eigenvalue weighted by atomic mass is 35.5. The standard InChI is InChI=1S/C17H22N2O2.ClH/c20-17-15-7-12(11-3-5-21-6-4-11)1-2-14(15)16-10-18-8-13(16)9-19-17;/h1-2,7,11,13,16,18H,3-6,8-10H2,(H,19,20);1H/t13-,16+;/m1./s1. The van der Waals surface area contributed by atoms with Crippen molar-refractivity contribution in [2.24, 2.45) is 5.92 Å². The van der Waals surface area contributed by atoms with Crippen LogP contribution in [-0.2, 0) is 4.74 Å². The van der Waals surface area contributed by atoms with E-state index in [1.54, 1.807) is 0 Å². The van der Waals surface area contributed by atoms with E-state index in [9.17, 15) is 4.79 Å². The zero-order valence-corrected chi connectivity index (χ0v) is 13.5. The van der Waals surface area contributed by atoms with Crippen LogP contribution in [0.1, 0.15) is 46.2 Å². The van der Waals surface area contributed by atoms with Crippen molar-refractivity contribution >= 4 is 18.3 Å². The Balaban J connectivity index is 0.00000144. The number of hydrogen-bond donors (Lipinski definition) is 2. The number of carbonyl (C=O) groups excluding carboxylic acids is 1. The summed E-state index contributed by atoms with van der Waals surface area (Å²) in [5.41, 5.74) is 3.43. The Hall–Kier alpha value is -1.10. The van der Waals surface area contributed by atoms with Gasteiger partial charge in [-0.1, -0.05) is 12.1 Å². The predicted octanol–water partition coefficient (Wildman–Crippen LogP) is 2.05. The summed E-state index contributed by atoms with van der Waals surface area (Å²) in [5.74, 6) is 1.65. The van der Waals surface area contributed by atoms with E-state index < -0.39 is 0 Å². The molecule has 1 aromatic carbocycles. The summed E-state index contributed by atoms with van der Waals surface area (Å²) < 4.78 is 5.44. The van der Waals surface area contributed by atoms with Crippen molar-refractivity contribution in [2.45, 2.75) is 24.7 Å². The normalized spacial score (nSPS) is 28.1. The molecule has 0 unspecified atom stereocenters. The van der Waals surface area contributed by atoms with Crippen LogP contribution in [0, 0.1) is 5.92 Å². The molecule has 3 aliphatic heterocycles. The van der Waals surface area contributed by atoms with Crippen molar-refractivity contribution in [3.63, 3.8) is 0 Å². The van der Waals surface area contributed by atoms with Crippen LogP contribution in [0.15, 0.2) is 18.2 Å². The molecule has 0 saturated carbocycles. The van der Waals surface area contributed by atoms with Crippen molar-refractivity contribution in [1.82, 2.24) is 10.6 Å². The maximum atomic E-state index is 12.4. The molecule has 3 aliphatic rings. The van der Waals surface area contributed by atoms with Crippen LogP contribution < -0.4 is 10.6 Å². The lowest BCUT2D eigenvalue weighted by Crippen LogP contribution is -2.28. The summed E-state index contributed by atoms with van der Waals surface area (Å²) in [4.78, 5) is 12.4. The molecule has 2 saturated heterocycles. The molecule has 0 bridgehead atoms. The van der Waals surface area contributed by atoms with Crippen molar-refractivity contribution in [2.75, 3.05) is 32.8 Å². The van der Waals surface area contributed by atoms with Gasteiger partial charge in [-0.2, -0.15) is 0 Å². The van der Waals surface area contributed by atoms with Crippen molar-refractivity contribution in [3.8, 4) is 0 Å². The maximum absolute atomic E-state index is 12.4. The number of nitrogens with one attached hydrogen (secondary N) is 2. The molecule has 0 aliphatic carbocycles. The maximum Gasteiger partial charge on any atom is 0.251 e. The third-order valence-corrected chi connectivity index (χ3v) is 5.28. The zero-order chi connectivity index (χ0) is 14.2. The average molecular weight is 323 g/mol. The van der Waals surface area contributed by atoms with Crippen molar-refractivity contribution in [3.05, 3.63) is 34.9 Å². The molecule has 1 aromatic rings.